The van der Waals surface area contributed by atoms with Gasteiger partial charge in [-0.15, -0.1) is 0 Å². The Morgan fingerprint density at radius 3 is 2.81 bits per heavy atom. The number of rotatable bonds is 2. The molecule has 0 aliphatic heterocycles. The van der Waals surface area contributed by atoms with Crippen molar-refractivity contribution in [2.24, 2.45) is 7.05 Å². The first-order valence-electron chi connectivity index (χ1n) is 5.38. The van der Waals surface area contributed by atoms with Crippen molar-refractivity contribution in [2.75, 3.05) is 7.05 Å². The Labute approximate surface area is 95.1 Å². The van der Waals surface area contributed by atoms with E-state index < -0.39 is 0 Å². The van der Waals surface area contributed by atoms with Crippen molar-refractivity contribution in [1.29, 1.82) is 0 Å². The molecule has 1 aromatic carbocycles. The van der Waals surface area contributed by atoms with Gasteiger partial charge in [0.2, 0.25) is 5.91 Å². The maximum atomic E-state index is 11.4. The zero-order chi connectivity index (χ0) is 11.7. The third-order valence-corrected chi connectivity index (χ3v) is 3.02. The van der Waals surface area contributed by atoms with E-state index in [4.69, 9.17) is 0 Å². The average molecular weight is 216 g/mol. The van der Waals surface area contributed by atoms with Crippen LogP contribution < -0.4 is 5.32 Å². The van der Waals surface area contributed by atoms with Crippen LogP contribution in [0.3, 0.4) is 0 Å². The minimum absolute atomic E-state index is 0.0450. The van der Waals surface area contributed by atoms with E-state index in [0.29, 0.717) is 6.42 Å². The first-order valence-corrected chi connectivity index (χ1v) is 5.38. The third kappa shape index (κ3) is 1.69. The lowest BCUT2D eigenvalue weighted by Gasteiger charge is -2.03. The van der Waals surface area contributed by atoms with Gasteiger partial charge in [0, 0.05) is 30.7 Å². The van der Waals surface area contributed by atoms with E-state index in [9.17, 15) is 4.79 Å². The van der Waals surface area contributed by atoms with E-state index in [-0.39, 0.29) is 5.91 Å². The molecule has 0 spiro atoms. The Hall–Kier alpha value is -1.77. The van der Waals surface area contributed by atoms with E-state index in [0.717, 1.165) is 5.69 Å². The van der Waals surface area contributed by atoms with Crippen LogP contribution >= 0.6 is 0 Å². The molecule has 1 N–H and O–H groups in total. The van der Waals surface area contributed by atoms with E-state index in [1.165, 1.54) is 16.5 Å². The highest BCUT2D eigenvalue weighted by Gasteiger charge is 2.09. The molecule has 1 heterocycles. The summed E-state index contributed by atoms with van der Waals surface area (Å²) < 4.78 is 2.08. The lowest BCUT2D eigenvalue weighted by molar-refractivity contribution is -0.120. The summed E-state index contributed by atoms with van der Waals surface area (Å²) in [6.07, 6.45) is 0.432. The minimum atomic E-state index is 0.0450. The van der Waals surface area contributed by atoms with Crippen molar-refractivity contribution in [2.45, 2.75) is 13.3 Å². The number of carbonyl (C=O) groups is 1. The molecular formula is C13H16N2O. The number of aromatic nitrogens is 1. The van der Waals surface area contributed by atoms with Gasteiger partial charge < -0.3 is 9.88 Å². The second kappa shape index (κ2) is 4.00. The molecule has 0 bridgehead atoms. The molecule has 3 nitrogen and oxygen atoms in total. The maximum Gasteiger partial charge on any atom is 0.225 e. The summed E-state index contributed by atoms with van der Waals surface area (Å²) in [5.41, 5.74) is 3.47. The fourth-order valence-electron chi connectivity index (χ4n) is 1.99. The number of carbonyl (C=O) groups excluding carboxylic acids is 1. The molecule has 2 rings (SSSR count). The molecule has 84 valence electrons. The molecule has 3 heteroatoms. The number of fused-ring (bicyclic) bond motifs is 1. The van der Waals surface area contributed by atoms with Crippen LogP contribution in [0.2, 0.25) is 0 Å². The van der Waals surface area contributed by atoms with Crippen molar-refractivity contribution >= 4 is 16.8 Å². The quantitative estimate of drug-likeness (QED) is 0.815. The van der Waals surface area contributed by atoms with Crippen LogP contribution in [0, 0.1) is 6.92 Å². The fraction of sp³-hybridized carbons (Fsp3) is 0.308. The summed E-state index contributed by atoms with van der Waals surface area (Å²) in [4.78, 5) is 11.4. The Morgan fingerprint density at radius 2 is 2.19 bits per heavy atom. The Morgan fingerprint density at radius 1 is 1.44 bits per heavy atom. The van der Waals surface area contributed by atoms with Gasteiger partial charge in [-0.1, -0.05) is 12.1 Å². The predicted molar refractivity (Wildman–Crippen MR) is 65.4 cm³/mol. The predicted octanol–water partition coefficient (Wildman–Crippen LogP) is 1.78. The Bertz CT molecular complexity index is 540. The fourth-order valence-corrected chi connectivity index (χ4v) is 1.99. The topological polar surface area (TPSA) is 34.0 Å². The summed E-state index contributed by atoms with van der Waals surface area (Å²) in [6, 6.07) is 8.31. The van der Waals surface area contributed by atoms with Crippen LogP contribution in [0.1, 0.15) is 11.3 Å². The summed E-state index contributed by atoms with van der Waals surface area (Å²) in [6.45, 7) is 2.09. The lowest BCUT2D eigenvalue weighted by atomic mass is 10.1. The van der Waals surface area contributed by atoms with Gasteiger partial charge >= 0.3 is 0 Å². The van der Waals surface area contributed by atoms with Crippen LogP contribution in [-0.2, 0) is 18.3 Å². The maximum absolute atomic E-state index is 11.4. The molecule has 16 heavy (non-hydrogen) atoms. The summed E-state index contributed by atoms with van der Waals surface area (Å²) in [7, 11) is 3.66. The molecule has 0 aliphatic rings. The largest absolute Gasteiger partial charge is 0.359 e. The van der Waals surface area contributed by atoms with Gasteiger partial charge in [0.15, 0.2) is 0 Å². The minimum Gasteiger partial charge on any atom is -0.359 e. The van der Waals surface area contributed by atoms with Crippen molar-refractivity contribution < 1.29 is 4.79 Å². The lowest BCUT2D eigenvalue weighted by Crippen LogP contribution is -2.21. The van der Waals surface area contributed by atoms with Crippen LogP contribution in [0.4, 0.5) is 0 Å². The van der Waals surface area contributed by atoms with Crippen LogP contribution in [0.25, 0.3) is 10.9 Å². The van der Waals surface area contributed by atoms with Gasteiger partial charge in [0.1, 0.15) is 0 Å². The SMILES string of the molecule is CNC(=O)Cc1cc2c(C)cccc2n1C. The highest BCUT2D eigenvalue weighted by atomic mass is 16.1. The molecule has 0 fully saturated rings. The molecule has 0 saturated carbocycles. The number of benzene rings is 1. The van der Waals surface area contributed by atoms with Gasteiger partial charge in [0.05, 0.1) is 6.42 Å². The first-order chi connectivity index (χ1) is 7.63. The number of nitrogens with zero attached hydrogens (tertiary/aromatic N) is 1. The van der Waals surface area contributed by atoms with E-state index >= 15 is 0 Å². The second-order valence-electron chi connectivity index (χ2n) is 4.05. The third-order valence-electron chi connectivity index (χ3n) is 3.02. The molecule has 0 saturated heterocycles. The van der Waals surface area contributed by atoms with E-state index in [1.54, 1.807) is 7.05 Å². The molecule has 0 atom stereocenters. The number of hydrogen-bond donors (Lipinski definition) is 1. The second-order valence-corrected chi connectivity index (χ2v) is 4.05. The van der Waals surface area contributed by atoms with E-state index in [1.807, 2.05) is 13.1 Å². The van der Waals surface area contributed by atoms with Crippen molar-refractivity contribution in [3.8, 4) is 0 Å². The molecule has 0 unspecified atom stereocenters. The van der Waals surface area contributed by atoms with Crippen LogP contribution in [-0.4, -0.2) is 17.5 Å². The van der Waals surface area contributed by atoms with E-state index in [2.05, 4.69) is 35.0 Å². The number of nitrogens with one attached hydrogen (secondary N) is 1. The first kappa shape index (κ1) is 10.7. The van der Waals surface area contributed by atoms with Crippen molar-refractivity contribution in [3.63, 3.8) is 0 Å². The standard InChI is InChI=1S/C13H16N2O/c1-9-5-4-6-12-11(9)7-10(15(12)3)8-13(16)14-2/h4-7H,8H2,1-3H3,(H,14,16). The zero-order valence-corrected chi connectivity index (χ0v) is 9.87. The average Bonchev–Trinajstić information content (AvgIpc) is 2.58. The number of aryl methyl sites for hydroxylation is 2. The summed E-state index contributed by atoms with van der Waals surface area (Å²) >= 11 is 0. The molecule has 1 aromatic heterocycles. The zero-order valence-electron chi connectivity index (χ0n) is 9.87. The molecule has 2 aromatic rings. The highest BCUT2D eigenvalue weighted by Crippen LogP contribution is 2.22. The monoisotopic (exact) mass is 216 g/mol. The van der Waals surface area contributed by atoms with Crippen LogP contribution in [0.15, 0.2) is 24.3 Å². The normalized spacial score (nSPS) is 10.7. The molecular weight excluding hydrogens is 200 g/mol. The summed E-state index contributed by atoms with van der Waals surface area (Å²) in [5, 5.41) is 3.87. The smallest absolute Gasteiger partial charge is 0.225 e. The number of likely N-dealkylation sites (N-methyl/N-ethyl adjacent to an activating group) is 1. The molecule has 1 amide bonds. The Balaban J connectivity index is 2.52. The van der Waals surface area contributed by atoms with Gasteiger partial charge in [-0.05, 0) is 24.6 Å². The van der Waals surface area contributed by atoms with Gasteiger partial charge in [-0.3, -0.25) is 4.79 Å². The highest BCUT2D eigenvalue weighted by molar-refractivity contribution is 5.86. The van der Waals surface area contributed by atoms with Crippen molar-refractivity contribution in [1.82, 2.24) is 9.88 Å². The van der Waals surface area contributed by atoms with Gasteiger partial charge in [-0.2, -0.15) is 0 Å². The molecule has 0 radical (unpaired) electrons. The van der Waals surface area contributed by atoms with Crippen molar-refractivity contribution in [3.05, 3.63) is 35.5 Å². The number of amides is 1. The summed E-state index contributed by atoms with van der Waals surface area (Å²) in [5.74, 6) is 0.0450. The number of hydrogen-bond acceptors (Lipinski definition) is 1. The Kier molecular flexibility index (Phi) is 2.69. The van der Waals surface area contributed by atoms with Crippen LogP contribution in [0.5, 0.6) is 0 Å². The molecule has 0 aliphatic carbocycles. The van der Waals surface area contributed by atoms with Gasteiger partial charge in [-0.25, -0.2) is 0 Å². The van der Waals surface area contributed by atoms with Gasteiger partial charge in [0.25, 0.3) is 0 Å².